The minimum Gasteiger partial charge on any atom is -0.465 e. The molecule has 1 aliphatic heterocycles. The van der Waals surface area contributed by atoms with E-state index in [2.05, 4.69) is 11.3 Å². The molecule has 0 aliphatic carbocycles. The van der Waals surface area contributed by atoms with Gasteiger partial charge in [0, 0.05) is 6.42 Å². The molecule has 5 N–H and O–H groups in total. The van der Waals surface area contributed by atoms with Crippen molar-refractivity contribution in [3.8, 4) is 0 Å². The van der Waals surface area contributed by atoms with Crippen LogP contribution in [-0.2, 0) is 23.8 Å². The zero-order valence-corrected chi connectivity index (χ0v) is 14.8. The van der Waals surface area contributed by atoms with Gasteiger partial charge in [-0.2, -0.15) is 13.2 Å². The van der Waals surface area contributed by atoms with Gasteiger partial charge in [0.2, 0.25) is 0 Å². The first-order valence-electron chi connectivity index (χ1n) is 7.97. The van der Waals surface area contributed by atoms with E-state index in [-0.39, 0.29) is 6.61 Å². The van der Waals surface area contributed by atoms with Crippen LogP contribution >= 0.6 is 0 Å². The molecule has 1 heterocycles. The maximum Gasteiger partial charge on any atom is 0.471 e. The number of amides is 1. The SMILES string of the molecule is C=CCO[C@]1(C(=O)OC)C[C@H](O)[C@@H](NC(=O)C(F)(F)F)[C@H]([C@H](O)[C@H](O)CO)O1. The molecule has 0 aromatic heterocycles. The van der Waals surface area contributed by atoms with Crippen molar-refractivity contribution in [3.63, 3.8) is 0 Å². The molecule has 6 atom stereocenters. The molecular formula is C15H22F3NO9. The molecule has 0 spiro atoms. The Bertz CT molecular complexity index is 573. The van der Waals surface area contributed by atoms with Crippen LogP contribution in [0.25, 0.3) is 0 Å². The fraction of sp³-hybridized carbons (Fsp3) is 0.733. The van der Waals surface area contributed by atoms with Gasteiger partial charge in [0.1, 0.15) is 18.3 Å². The number of methoxy groups -OCH3 is 1. The van der Waals surface area contributed by atoms with Gasteiger partial charge in [-0.3, -0.25) is 4.79 Å². The molecule has 0 aromatic carbocycles. The number of carbonyl (C=O) groups excluding carboxylic acids is 2. The minimum absolute atomic E-state index is 0.313. The molecule has 0 radical (unpaired) electrons. The first kappa shape index (κ1) is 24.3. The van der Waals surface area contributed by atoms with Gasteiger partial charge in [-0.05, 0) is 0 Å². The lowest BCUT2D eigenvalue weighted by molar-refractivity contribution is -0.310. The Labute approximate surface area is 157 Å². The highest BCUT2D eigenvalue weighted by atomic mass is 19.4. The van der Waals surface area contributed by atoms with Gasteiger partial charge in [0.25, 0.3) is 5.79 Å². The van der Waals surface area contributed by atoms with E-state index in [1.54, 1.807) is 0 Å². The van der Waals surface area contributed by atoms with Crippen molar-refractivity contribution in [2.45, 2.75) is 48.8 Å². The normalized spacial score (nSPS) is 30.2. The van der Waals surface area contributed by atoms with Gasteiger partial charge in [-0.1, -0.05) is 6.08 Å². The van der Waals surface area contributed by atoms with E-state index >= 15 is 0 Å². The van der Waals surface area contributed by atoms with E-state index in [0.29, 0.717) is 0 Å². The van der Waals surface area contributed by atoms with Crippen molar-refractivity contribution in [3.05, 3.63) is 12.7 Å². The van der Waals surface area contributed by atoms with Crippen LogP contribution in [0.4, 0.5) is 13.2 Å². The summed E-state index contributed by atoms with van der Waals surface area (Å²) in [6, 6.07) is -1.91. The highest BCUT2D eigenvalue weighted by Gasteiger charge is 2.57. The quantitative estimate of drug-likeness (QED) is 0.222. The third-order valence-electron chi connectivity index (χ3n) is 3.98. The van der Waals surface area contributed by atoms with Crippen molar-refractivity contribution >= 4 is 11.9 Å². The molecule has 1 aliphatic rings. The molecule has 1 saturated heterocycles. The van der Waals surface area contributed by atoms with Crippen molar-refractivity contribution in [1.82, 2.24) is 5.32 Å². The fourth-order valence-electron chi connectivity index (χ4n) is 2.62. The molecule has 0 aromatic rings. The Kier molecular flexibility index (Phi) is 8.34. The number of hydrogen-bond donors (Lipinski definition) is 5. The summed E-state index contributed by atoms with van der Waals surface area (Å²) in [5.41, 5.74) is 0. The van der Waals surface area contributed by atoms with E-state index in [1.165, 1.54) is 11.4 Å². The number of esters is 1. The zero-order valence-electron chi connectivity index (χ0n) is 14.8. The van der Waals surface area contributed by atoms with E-state index in [9.17, 15) is 38.1 Å². The highest BCUT2D eigenvalue weighted by Crippen LogP contribution is 2.34. The number of rotatable bonds is 8. The largest absolute Gasteiger partial charge is 0.471 e. The standard InChI is InChI=1S/C15H22F3NO9/c1-3-4-27-14(13(25)26-2)5-7(21)9(19-12(24)15(16,17)18)11(28-14)10(23)8(22)6-20/h3,7-11,20-23H,1,4-6H2,2H3,(H,19,24)/t7-,8+,9+,10+,11+,14+/m0/s1. The second-order valence-corrected chi connectivity index (χ2v) is 5.94. The van der Waals surface area contributed by atoms with Crippen LogP contribution in [0.5, 0.6) is 0 Å². The van der Waals surface area contributed by atoms with Gasteiger partial charge in [-0.25, -0.2) is 4.79 Å². The summed E-state index contributed by atoms with van der Waals surface area (Å²) in [4.78, 5) is 23.4. The number of ether oxygens (including phenoxy) is 3. The summed E-state index contributed by atoms with van der Waals surface area (Å²) >= 11 is 0. The summed E-state index contributed by atoms with van der Waals surface area (Å²) in [6.07, 6.45) is -12.8. The topological polar surface area (TPSA) is 155 Å². The van der Waals surface area contributed by atoms with Gasteiger partial charge in [0.05, 0.1) is 32.5 Å². The molecule has 1 fully saturated rings. The fourth-order valence-corrected chi connectivity index (χ4v) is 2.62. The Morgan fingerprint density at radius 3 is 2.50 bits per heavy atom. The average molecular weight is 417 g/mol. The number of aliphatic hydroxyl groups is 4. The molecule has 28 heavy (non-hydrogen) atoms. The summed E-state index contributed by atoms with van der Waals surface area (Å²) in [5.74, 6) is -6.01. The van der Waals surface area contributed by atoms with Gasteiger partial charge in [-0.15, -0.1) is 6.58 Å². The lowest BCUT2D eigenvalue weighted by Gasteiger charge is -2.46. The molecular weight excluding hydrogens is 395 g/mol. The Balaban J connectivity index is 3.30. The number of hydrogen-bond acceptors (Lipinski definition) is 9. The zero-order chi connectivity index (χ0) is 21.7. The van der Waals surface area contributed by atoms with Crippen molar-refractivity contribution in [2.24, 2.45) is 0 Å². The summed E-state index contributed by atoms with van der Waals surface area (Å²) < 4.78 is 52.8. The predicted molar refractivity (Wildman–Crippen MR) is 83.5 cm³/mol. The van der Waals surface area contributed by atoms with Crippen molar-refractivity contribution in [2.75, 3.05) is 20.3 Å². The predicted octanol–water partition coefficient (Wildman–Crippen LogP) is -2.03. The molecule has 1 rings (SSSR count). The van der Waals surface area contributed by atoms with E-state index in [1.807, 2.05) is 0 Å². The number of alkyl halides is 3. The molecule has 0 bridgehead atoms. The van der Waals surface area contributed by atoms with Gasteiger partial charge >= 0.3 is 18.1 Å². The van der Waals surface area contributed by atoms with Crippen LogP contribution in [0.1, 0.15) is 6.42 Å². The summed E-state index contributed by atoms with van der Waals surface area (Å²) in [7, 11) is 0.947. The second-order valence-electron chi connectivity index (χ2n) is 5.94. The van der Waals surface area contributed by atoms with E-state index in [4.69, 9.17) is 14.6 Å². The van der Waals surface area contributed by atoms with E-state index < -0.39 is 67.3 Å². The Hall–Kier alpha value is -1.77. The smallest absolute Gasteiger partial charge is 0.465 e. The highest BCUT2D eigenvalue weighted by molar-refractivity contribution is 5.82. The third-order valence-corrected chi connectivity index (χ3v) is 3.98. The maximum absolute atomic E-state index is 12.6. The maximum atomic E-state index is 12.6. The molecule has 0 unspecified atom stereocenters. The summed E-state index contributed by atoms with van der Waals surface area (Å²) in [5, 5.41) is 40.6. The van der Waals surface area contributed by atoms with Crippen LogP contribution in [0.2, 0.25) is 0 Å². The minimum atomic E-state index is -5.32. The Morgan fingerprint density at radius 1 is 1.43 bits per heavy atom. The van der Waals surface area contributed by atoms with Crippen LogP contribution in [0.3, 0.4) is 0 Å². The van der Waals surface area contributed by atoms with Crippen molar-refractivity contribution in [1.29, 1.82) is 0 Å². The monoisotopic (exact) mass is 417 g/mol. The number of nitrogens with one attached hydrogen (secondary N) is 1. The Morgan fingerprint density at radius 2 is 2.04 bits per heavy atom. The van der Waals surface area contributed by atoms with Crippen LogP contribution < -0.4 is 5.32 Å². The van der Waals surface area contributed by atoms with Crippen LogP contribution in [0, 0.1) is 0 Å². The number of carbonyl (C=O) groups is 2. The first-order valence-corrected chi connectivity index (χ1v) is 7.97. The molecule has 162 valence electrons. The third kappa shape index (κ3) is 5.40. The first-order chi connectivity index (χ1) is 12.9. The number of aliphatic hydroxyl groups excluding tert-OH is 4. The van der Waals surface area contributed by atoms with Crippen LogP contribution in [0.15, 0.2) is 12.7 Å². The molecule has 1 amide bonds. The lowest BCUT2D eigenvalue weighted by Crippen LogP contribution is -2.68. The molecule has 13 heteroatoms. The van der Waals surface area contributed by atoms with Gasteiger partial charge < -0.3 is 40.0 Å². The lowest BCUT2D eigenvalue weighted by atomic mass is 9.88. The van der Waals surface area contributed by atoms with Crippen molar-refractivity contribution < 1.29 is 57.4 Å². The van der Waals surface area contributed by atoms with Gasteiger partial charge in [0.15, 0.2) is 0 Å². The summed E-state index contributed by atoms with van der Waals surface area (Å²) in [6.45, 7) is 2.01. The molecule has 0 saturated carbocycles. The average Bonchev–Trinajstić information content (AvgIpc) is 2.65. The van der Waals surface area contributed by atoms with E-state index in [0.717, 1.165) is 7.11 Å². The van der Waals surface area contributed by atoms with Crippen LogP contribution in [-0.4, -0.2) is 95.0 Å². The molecule has 10 nitrogen and oxygen atoms in total. The number of halogens is 3. The second kappa shape index (κ2) is 9.62.